The van der Waals surface area contributed by atoms with E-state index in [-0.39, 0.29) is 0 Å². The van der Waals surface area contributed by atoms with Crippen molar-refractivity contribution in [3.05, 3.63) is 29.3 Å². The molecule has 19 heavy (non-hydrogen) atoms. The lowest BCUT2D eigenvalue weighted by Crippen LogP contribution is -2.21. The minimum atomic E-state index is 0.420. The molecule has 4 heteroatoms. The highest BCUT2D eigenvalue weighted by molar-refractivity contribution is 7.98. The summed E-state index contributed by atoms with van der Waals surface area (Å²) < 4.78 is 0. The van der Waals surface area contributed by atoms with Crippen molar-refractivity contribution in [1.82, 2.24) is 0 Å². The Kier molecular flexibility index (Phi) is 3.08. The van der Waals surface area contributed by atoms with Crippen LogP contribution in [0, 0.1) is 17.2 Å². The number of nitriles is 1. The van der Waals surface area contributed by atoms with Crippen LogP contribution in [0.3, 0.4) is 0 Å². The second-order valence-corrected chi connectivity index (χ2v) is 5.69. The van der Waals surface area contributed by atoms with E-state index >= 15 is 0 Å². The second-order valence-electron chi connectivity index (χ2n) is 4.87. The highest BCUT2D eigenvalue weighted by Crippen LogP contribution is 2.42. The first-order valence-corrected chi connectivity index (χ1v) is 7.60. The van der Waals surface area contributed by atoms with Crippen LogP contribution >= 0.6 is 11.8 Å². The number of nitrogens with two attached hydrogens (primary N) is 1. The number of nitrogens with zero attached hydrogens (tertiary/aromatic N) is 2. The molecular weight excluding hydrogens is 254 g/mol. The molecule has 1 unspecified atom stereocenters. The fourth-order valence-corrected chi connectivity index (χ4v) is 3.55. The number of fused-ring (bicyclic) bond motifs is 2. The summed E-state index contributed by atoms with van der Waals surface area (Å²) in [6, 6.07) is 4.13. The molecule has 1 heterocycles. The summed E-state index contributed by atoms with van der Waals surface area (Å²) in [7, 11) is 0. The maximum absolute atomic E-state index is 9.26. The van der Waals surface area contributed by atoms with Crippen molar-refractivity contribution in [3.63, 3.8) is 0 Å². The van der Waals surface area contributed by atoms with E-state index in [1.165, 1.54) is 11.3 Å². The van der Waals surface area contributed by atoms with Gasteiger partial charge in [0.15, 0.2) is 0 Å². The van der Waals surface area contributed by atoms with Crippen molar-refractivity contribution in [2.24, 2.45) is 10.9 Å². The average Bonchev–Trinajstić information content (AvgIpc) is 2.43. The van der Waals surface area contributed by atoms with Crippen molar-refractivity contribution in [2.75, 3.05) is 12.0 Å². The van der Waals surface area contributed by atoms with E-state index in [1.807, 2.05) is 12.3 Å². The van der Waals surface area contributed by atoms with Gasteiger partial charge in [-0.2, -0.15) is 5.26 Å². The summed E-state index contributed by atoms with van der Waals surface area (Å²) in [5.41, 5.74) is 10.5. The summed E-state index contributed by atoms with van der Waals surface area (Å²) in [4.78, 5) is 5.75. The molecule has 1 aliphatic carbocycles. The minimum absolute atomic E-state index is 0.420. The number of aliphatic imine (C=N–C) groups is 1. The van der Waals surface area contributed by atoms with E-state index < -0.39 is 0 Å². The van der Waals surface area contributed by atoms with Crippen LogP contribution in [-0.4, -0.2) is 12.0 Å². The van der Waals surface area contributed by atoms with Crippen LogP contribution in [0.15, 0.2) is 28.1 Å². The molecule has 1 aromatic carbocycles. The molecule has 0 spiro atoms. The summed E-state index contributed by atoms with van der Waals surface area (Å²) in [6.45, 7) is 0. The van der Waals surface area contributed by atoms with Gasteiger partial charge < -0.3 is 5.73 Å². The molecule has 0 radical (unpaired) electrons. The molecular formula is C15H15N3S. The fraction of sp³-hybridized carbons (Fsp3) is 0.333. The predicted molar refractivity (Wildman–Crippen MR) is 80.0 cm³/mol. The quantitative estimate of drug-likeness (QED) is 0.482. The van der Waals surface area contributed by atoms with Crippen LogP contribution in [0.5, 0.6) is 0 Å². The standard InChI is InChI=1S/C15H15N3S/c1-19-15-11(8-16)12(17)7-10-6-9-4-2-3-5-13(9)18-14(10)15/h2,4,7,9H,3,5-6,17H2,1H3. The van der Waals surface area contributed by atoms with Crippen molar-refractivity contribution in [2.45, 2.75) is 24.2 Å². The Bertz CT molecular complexity index is 638. The van der Waals surface area contributed by atoms with Gasteiger partial charge in [-0.25, -0.2) is 0 Å². The van der Waals surface area contributed by atoms with Crippen molar-refractivity contribution in [3.8, 4) is 6.07 Å². The number of nitrogen functional groups attached to an aromatic ring is 1. The highest BCUT2D eigenvalue weighted by Gasteiger charge is 2.26. The maximum Gasteiger partial charge on any atom is 0.103 e. The molecule has 0 saturated carbocycles. The third-order valence-corrected chi connectivity index (χ3v) is 4.55. The third-order valence-electron chi connectivity index (χ3n) is 3.74. The monoisotopic (exact) mass is 269 g/mol. The first kappa shape index (κ1) is 12.3. The highest BCUT2D eigenvalue weighted by atomic mass is 32.2. The summed E-state index contributed by atoms with van der Waals surface area (Å²) in [5, 5.41) is 9.26. The lowest BCUT2D eigenvalue weighted by molar-refractivity contribution is 0.772. The van der Waals surface area contributed by atoms with Gasteiger partial charge in [0.05, 0.1) is 21.8 Å². The number of rotatable bonds is 1. The number of hydrogen-bond acceptors (Lipinski definition) is 4. The Morgan fingerprint density at radius 2 is 2.37 bits per heavy atom. The smallest absolute Gasteiger partial charge is 0.103 e. The van der Waals surface area contributed by atoms with E-state index in [9.17, 15) is 5.26 Å². The van der Waals surface area contributed by atoms with Crippen LogP contribution in [0.2, 0.25) is 0 Å². The van der Waals surface area contributed by atoms with Crippen LogP contribution in [0.25, 0.3) is 0 Å². The zero-order chi connectivity index (χ0) is 13.4. The lowest BCUT2D eigenvalue weighted by atomic mass is 9.84. The third kappa shape index (κ3) is 1.95. The molecule has 2 N–H and O–H groups in total. The van der Waals surface area contributed by atoms with Gasteiger partial charge in [-0.1, -0.05) is 12.2 Å². The Morgan fingerprint density at radius 1 is 1.53 bits per heavy atom. The molecule has 1 aromatic rings. The average molecular weight is 269 g/mol. The Hall–Kier alpha value is -1.73. The van der Waals surface area contributed by atoms with E-state index in [0.29, 0.717) is 17.2 Å². The normalized spacial score (nSPS) is 20.2. The van der Waals surface area contributed by atoms with Gasteiger partial charge in [-0.15, -0.1) is 11.8 Å². The first-order chi connectivity index (χ1) is 9.24. The van der Waals surface area contributed by atoms with Gasteiger partial charge in [0.2, 0.25) is 0 Å². The van der Waals surface area contributed by atoms with Crippen LogP contribution in [0.4, 0.5) is 11.4 Å². The molecule has 3 rings (SSSR count). The molecule has 0 amide bonds. The largest absolute Gasteiger partial charge is 0.398 e. The topological polar surface area (TPSA) is 62.2 Å². The van der Waals surface area contributed by atoms with Gasteiger partial charge in [-0.05, 0) is 37.1 Å². The zero-order valence-corrected chi connectivity index (χ0v) is 11.6. The Morgan fingerprint density at radius 3 is 3.11 bits per heavy atom. The molecule has 2 aliphatic rings. The Labute approximate surface area is 117 Å². The summed E-state index contributed by atoms with van der Waals surface area (Å²) >= 11 is 1.56. The second kappa shape index (κ2) is 4.75. The van der Waals surface area contributed by atoms with Gasteiger partial charge in [0, 0.05) is 11.6 Å². The van der Waals surface area contributed by atoms with Crippen LogP contribution in [0.1, 0.15) is 24.0 Å². The van der Waals surface area contributed by atoms with Gasteiger partial charge in [-0.3, -0.25) is 4.99 Å². The molecule has 0 bridgehead atoms. The number of anilines is 1. The molecule has 0 fully saturated rings. The van der Waals surface area contributed by atoms with Crippen molar-refractivity contribution < 1.29 is 0 Å². The molecule has 3 nitrogen and oxygen atoms in total. The number of hydrogen-bond donors (Lipinski definition) is 1. The fourth-order valence-electron chi connectivity index (χ4n) is 2.81. The van der Waals surface area contributed by atoms with Crippen molar-refractivity contribution in [1.29, 1.82) is 5.26 Å². The zero-order valence-electron chi connectivity index (χ0n) is 10.8. The maximum atomic E-state index is 9.26. The minimum Gasteiger partial charge on any atom is -0.398 e. The molecule has 96 valence electrons. The van der Waals surface area contributed by atoms with Gasteiger partial charge >= 0.3 is 0 Å². The van der Waals surface area contributed by atoms with Crippen molar-refractivity contribution >= 4 is 28.8 Å². The van der Waals surface area contributed by atoms with Gasteiger partial charge in [0.1, 0.15) is 6.07 Å². The molecule has 1 aliphatic heterocycles. The first-order valence-electron chi connectivity index (χ1n) is 6.38. The predicted octanol–water partition coefficient (Wildman–Crippen LogP) is 3.46. The van der Waals surface area contributed by atoms with Crippen LogP contribution < -0.4 is 5.73 Å². The van der Waals surface area contributed by atoms with Gasteiger partial charge in [0.25, 0.3) is 0 Å². The van der Waals surface area contributed by atoms with E-state index in [2.05, 4.69) is 18.2 Å². The van der Waals surface area contributed by atoms with Crippen LogP contribution in [-0.2, 0) is 6.42 Å². The molecule has 0 aromatic heterocycles. The Balaban J connectivity index is 2.21. The molecule has 1 atom stereocenters. The summed E-state index contributed by atoms with van der Waals surface area (Å²) in [6.07, 6.45) is 9.51. The SMILES string of the molecule is CSc1c(C#N)c(N)cc2c1N=C1CCC=CC1C2. The number of benzene rings is 1. The number of allylic oxidation sites excluding steroid dienone is 2. The van der Waals surface area contributed by atoms with E-state index in [4.69, 9.17) is 10.7 Å². The van der Waals surface area contributed by atoms with E-state index in [1.54, 1.807) is 11.8 Å². The number of thioether (sulfide) groups is 1. The lowest BCUT2D eigenvalue weighted by Gasteiger charge is -2.27. The molecule has 0 saturated heterocycles. The summed E-state index contributed by atoms with van der Waals surface area (Å²) in [5.74, 6) is 0.420. The van der Waals surface area contributed by atoms with E-state index in [0.717, 1.165) is 29.8 Å².